The summed E-state index contributed by atoms with van der Waals surface area (Å²) in [5.41, 5.74) is 2.36. The van der Waals surface area contributed by atoms with Crippen molar-refractivity contribution in [3.05, 3.63) is 106 Å². The lowest BCUT2D eigenvalue weighted by Crippen LogP contribution is -2.30. The minimum atomic E-state index is -0.485. The van der Waals surface area contributed by atoms with Gasteiger partial charge in [-0.05, 0) is 29.3 Å². The predicted molar refractivity (Wildman–Crippen MR) is 117 cm³/mol. The first kappa shape index (κ1) is 20.0. The van der Waals surface area contributed by atoms with Crippen LogP contribution < -0.4 is 4.74 Å². The lowest BCUT2D eigenvalue weighted by atomic mass is 10.1. The Bertz CT molecular complexity index is 1040. The topological polar surface area (TPSA) is 72.7 Å². The van der Waals surface area contributed by atoms with Gasteiger partial charge >= 0.3 is 0 Å². The first-order chi connectivity index (χ1) is 14.6. The lowest BCUT2D eigenvalue weighted by Gasteiger charge is -2.24. The average Bonchev–Trinajstić information content (AvgIpc) is 3.28. The third kappa shape index (κ3) is 4.46. The van der Waals surface area contributed by atoms with Crippen LogP contribution in [0.2, 0.25) is 0 Å². The molecule has 4 rings (SSSR count). The van der Waals surface area contributed by atoms with Crippen LogP contribution in [-0.4, -0.2) is 28.0 Å². The molecule has 30 heavy (non-hydrogen) atoms. The van der Waals surface area contributed by atoms with Crippen molar-refractivity contribution < 1.29 is 14.5 Å². The molecule has 0 aromatic heterocycles. The number of carbonyl (C=O) groups excluding carboxylic acids is 1. The van der Waals surface area contributed by atoms with Crippen molar-refractivity contribution in [2.45, 2.75) is 12.0 Å². The van der Waals surface area contributed by atoms with Gasteiger partial charge in [0.15, 0.2) is 0 Å². The number of nitro benzene ring substituents is 1. The van der Waals surface area contributed by atoms with Crippen LogP contribution in [0.25, 0.3) is 0 Å². The highest BCUT2D eigenvalue weighted by Crippen LogP contribution is 2.39. The van der Waals surface area contributed by atoms with Crippen LogP contribution in [0.1, 0.15) is 26.9 Å². The Morgan fingerprint density at radius 3 is 2.57 bits per heavy atom. The molecular formula is C23H20N2O4S. The number of hydrogen-bond acceptors (Lipinski definition) is 5. The van der Waals surface area contributed by atoms with E-state index < -0.39 is 4.92 Å². The summed E-state index contributed by atoms with van der Waals surface area (Å²) in [6.07, 6.45) is 0. The summed E-state index contributed by atoms with van der Waals surface area (Å²) in [5.74, 6) is 1.39. The maximum atomic E-state index is 13.0. The highest BCUT2D eigenvalue weighted by atomic mass is 32.2. The normalized spacial score (nSPS) is 15.7. The second-order valence-electron chi connectivity index (χ2n) is 6.87. The van der Waals surface area contributed by atoms with E-state index in [-0.39, 0.29) is 17.0 Å². The van der Waals surface area contributed by atoms with Crippen molar-refractivity contribution >= 4 is 23.4 Å². The van der Waals surface area contributed by atoms with Crippen molar-refractivity contribution in [3.8, 4) is 5.75 Å². The number of benzene rings is 3. The van der Waals surface area contributed by atoms with Crippen LogP contribution in [0.3, 0.4) is 0 Å². The standard InChI is InChI=1S/C23H20N2O4S/c26-22(19-7-4-8-20(15-19)25(27)28)24-13-14-30-23(24)18-9-11-21(12-10-18)29-16-17-5-2-1-3-6-17/h1-12,15,23H,13-14,16H2. The fourth-order valence-electron chi connectivity index (χ4n) is 3.34. The van der Waals surface area contributed by atoms with Gasteiger partial charge in [0, 0.05) is 30.0 Å². The molecule has 1 saturated heterocycles. The van der Waals surface area contributed by atoms with E-state index in [1.807, 2.05) is 54.6 Å². The smallest absolute Gasteiger partial charge is 0.270 e. The quantitative estimate of drug-likeness (QED) is 0.412. The molecule has 0 radical (unpaired) electrons. The van der Waals surface area contributed by atoms with Crippen molar-refractivity contribution in [1.82, 2.24) is 4.90 Å². The van der Waals surface area contributed by atoms with Gasteiger partial charge in [-0.3, -0.25) is 14.9 Å². The highest BCUT2D eigenvalue weighted by molar-refractivity contribution is 7.99. The first-order valence-electron chi connectivity index (χ1n) is 9.55. The van der Waals surface area contributed by atoms with Crippen LogP contribution in [-0.2, 0) is 6.61 Å². The van der Waals surface area contributed by atoms with E-state index in [0.717, 1.165) is 22.6 Å². The summed E-state index contributed by atoms with van der Waals surface area (Å²) in [5, 5.41) is 10.9. The number of ether oxygens (including phenoxy) is 1. The van der Waals surface area contributed by atoms with Crippen LogP contribution in [0.4, 0.5) is 5.69 Å². The summed E-state index contributed by atoms with van der Waals surface area (Å²) >= 11 is 1.68. The maximum absolute atomic E-state index is 13.0. The zero-order chi connectivity index (χ0) is 20.9. The number of hydrogen-bond donors (Lipinski definition) is 0. The lowest BCUT2D eigenvalue weighted by molar-refractivity contribution is -0.384. The third-order valence-electron chi connectivity index (χ3n) is 4.87. The molecule has 0 aliphatic carbocycles. The number of rotatable bonds is 6. The summed E-state index contributed by atoms with van der Waals surface area (Å²) in [6, 6.07) is 23.6. The number of thioether (sulfide) groups is 1. The van der Waals surface area contributed by atoms with Crippen LogP contribution in [0, 0.1) is 10.1 Å². The molecule has 1 amide bonds. The summed E-state index contributed by atoms with van der Waals surface area (Å²) in [7, 11) is 0. The van der Waals surface area contributed by atoms with E-state index in [4.69, 9.17) is 4.74 Å². The molecule has 152 valence electrons. The molecule has 0 N–H and O–H groups in total. The SMILES string of the molecule is O=C(c1cccc([N+](=O)[O-])c1)N1CCSC1c1ccc(OCc2ccccc2)cc1. The Morgan fingerprint density at radius 2 is 1.83 bits per heavy atom. The Balaban J connectivity index is 1.46. The molecule has 0 bridgehead atoms. The number of non-ortho nitro benzene ring substituents is 1. The first-order valence-corrected chi connectivity index (χ1v) is 10.6. The molecule has 3 aromatic rings. The number of nitrogens with zero attached hydrogens (tertiary/aromatic N) is 2. The van der Waals surface area contributed by atoms with E-state index in [1.165, 1.54) is 12.1 Å². The van der Waals surface area contributed by atoms with Gasteiger partial charge in [0.05, 0.1) is 4.92 Å². The molecule has 7 heteroatoms. The van der Waals surface area contributed by atoms with Gasteiger partial charge in [0.1, 0.15) is 17.7 Å². The summed E-state index contributed by atoms with van der Waals surface area (Å²) in [6.45, 7) is 1.10. The molecule has 0 spiro atoms. The van der Waals surface area contributed by atoms with Crippen molar-refractivity contribution in [2.24, 2.45) is 0 Å². The Hall–Kier alpha value is -3.32. The minimum Gasteiger partial charge on any atom is -0.489 e. The van der Waals surface area contributed by atoms with Crippen LogP contribution in [0.5, 0.6) is 5.75 Å². The molecule has 1 heterocycles. The van der Waals surface area contributed by atoms with Gasteiger partial charge < -0.3 is 9.64 Å². The van der Waals surface area contributed by atoms with Crippen molar-refractivity contribution in [1.29, 1.82) is 0 Å². The fraction of sp³-hybridized carbons (Fsp3) is 0.174. The monoisotopic (exact) mass is 420 g/mol. The van der Waals surface area contributed by atoms with E-state index >= 15 is 0 Å². The van der Waals surface area contributed by atoms with Crippen molar-refractivity contribution in [2.75, 3.05) is 12.3 Å². The second kappa shape index (κ2) is 9.00. The molecule has 3 aromatic carbocycles. The van der Waals surface area contributed by atoms with E-state index in [0.29, 0.717) is 18.7 Å². The van der Waals surface area contributed by atoms with E-state index in [2.05, 4.69) is 0 Å². The summed E-state index contributed by atoms with van der Waals surface area (Å²) in [4.78, 5) is 25.3. The van der Waals surface area contributed by atoms with E-state index in [9.17, 15) is 14.9 Å². The van der Waals surface area contributed by atoms with Crippen LogP contribution in [0.15, 0.2) is 78.9 Å². The Kier molecular flexibility index (Phi) is 5.99. The zero-order valence-corrected chi connectivity index (χ0v) is 17.0. The number of nitro groups is 1. The summed E-state index contributed by atoms with van der Waals surface area (Å²) < 4.78 is 5.84. The van der Waals surface area contributed by atoms with Gasteiger partial charge in [-0.1, -0.05) is 48.5 Å². The molecule has 1 atom stereocenters. The largest absolute Gasteiger partial charge is 0.489 e. The second-order valence-corrected chi connectivity index (χ2v) is 8.06. The van der Waals surface area contributed by atoms with Gasteiger partial charge in [-0.15, -0.1) is 11.8 Å². The molecule has 0 saturated carbocycles. The van der Waals surface area contributed by atoms with Gasteiger partial charge in [0.25, 0.3) is 11.6 Å². The molecule has 1 aliphatic rings. The third-order valence-corrected chi connectivity index (χ3v) is 6.13. The maximum Gasteiger partial charge on any atom is 0.270 e. The van der Waals surface area contributed by atoms with Gasteiger partial charge in [-0.2, -0.15) is 0 Å². The van der Waals surface area contributed by atoms with Gasteiger partial charge in [-0.25, -0.2) is 0 Å². The fourth-order valence-corrected chi connectivity index (χ4v) is 4.60. The molecule has 6 nitrogen and oxygen atoms in total. The molecular weight excluding hydrogens is 400 g/mol. The number of amides is 1. The highest BCUT2D eigenvalue weighted by Gasteiger charge is 2.31. The molecule has 1 fully saturated rings. The van der Waals surface area contributed by atoms with Crippen LogP contribution >= 0.6 is 11.8 Å². The molecule has 1 aliphatic heterocycles. The van der Waals surface area contributed by atoms with E-state index in [1.54, 1.807) is 28.8 Å². The average molecular weight is 420 g/mol. The van der Waals surface area contributed by atoms with Gasteiger partial charge in [0.2, 0.25) is 0 Å². The predicted octanol–water partition coefficient (Wildman–Crippen LogP) is 5.06. The molecule has 1 unspecified atom stereocenters. The van der Waals surface area contributed by atoms with Crippen molar-refractivity contribution in [3.63, 3.8) is 0 Å². The minimum absolute atomic E-state index is 0.0795. The number of carbonyl (C=O) groups is 1. The Labute approximate surface area is 178 Å². The Morgan fingerprint density at radius 1 is 1.07 bits per heavy atom. The zero-order valence-electron chi connectivity index (χ0n) is 16.1.